The van der Waals surface area contributed by atoms with Gasteiger partial charge in [-0.15, -0.1) is 0 Å². The zero-order valence-electron chi connectivity index (χ0n) is 25.8. The van der Waals surface area contributed by atoms with Gasteiger partial charge in [0.05, 0.1) is 22.4 Å². The van der Waals surface area contributed by atoms with Crippen molar-refractivity contribution in [2.24, 2.45) is 5.92 Å². The molecule has 0 N–H and O–H groups in total. The molecule has 8 rings (SSSR count). The molecule has 3 aliphatic carbocycles. The fourth-order valence-corrected chi connectivity index (χ4v) is 7.55. The predicted octanol–water partition coefficient (Wildman–Crippen LogP) is 10.3. The Morgan fingerprint density at radius 3 is 2.28 bits per heavy atom. The van der Waals surface area contributed by atoms with Crippen LogP contribution in [0.3, 0.4) is 0 Å². The highest BCUT2D eigenvalue weighted by molar-refractivity contribution is 5.91. The van der Waals surface area contributed by atoms with Crippen LogP contribution in [-0.4, -0.2) is 9.97 Å². The van der Waals surface area contributed by atoms with E-state index in [-0.39, 0.29) is 0 Å². The van der Waals surface area contributed by atoms with Crippen molar-refractivity contribution in [1.29, 1.82) is 5.26 Å². The molecule has 0 amide bonds. The van der Waals surface area contributed by atoms with Gasteiger partial charge < -0.3 is 0 Å². The number of allylic oxidation sites excluding steroid dienone is 8. The first-order valence-electron chi connectivity index (χ1n) is 16.1. The van der Waals surface area contributed by atoms with Gasteiger partial charge in [0.25, 0.3) is 0 Å². The third-order valence-electron chi connectivity index (χ3n) is 9.64. The van der Waals surface area contributed by atoms with E-state index in [1.54, 1.807) is 12.4 Å². The van der Waals surface area contributed by atoms with Gasteiger partial charge in [0.15, 0.2) is 0 Å². The average Bonchev–Trinajstić information content (AvgIpc) is 3.42. The number of pyridine rings is 2. The lowest BCUT2D eigenvalue weighted by Crippen LogP contribution is -2.31. The van der Waals surface area contributed by atoms with E-state index in [0.29, 0.717) is 11.5 Å². The Hall–Kier alpha value is -5.59. The van der Waals surface area contributed by atoms with Gasteiger partial charge in [0.1, 0.15) is 6.07 Å². The maximum absolute atomic E-state index is 9.42. The van der Waals surface area contributed by atoms with Crippen LogP contribution in [0.4, 0.5) is 0 Å². The summed E-state index contributed by atoms with van der Waals surface area (Å²) in [6, 6.07) is 35.2. The number of hydrogen-bond acceptors (Lipinski definition) is 3. The molecule has 3 aliphatic rings. The fourth-order valence-electron chi connectivity index (χ4n) is 7.55. The standard InChI is InChI=1S/C43H33N3/c1-29-10-8-15-36(22-29)43(35-13-6-3-7-14-35)39-20-18-32(31-11-4-2-5-12-31)24-37(39)38-25-33(19-21-40(38)43)41-16-9-17-42(46-41)34-23-30(26-44)27-45-28-34/h3-4,6-21,23-25,27-29H,2,5,22H2,1H3. The summed E-state index contributed by atoms with van der Waals surface area (Å²) in [4.78, 5) is 9.33. The quantitative estimate of drug-likeness (QED) is 0.204. The van der Waals surface area contributed by atoms with Crippen LogP contribution >= 0.6 is 0 Å². The fraction of sp³-hybridized carbons (Fsp3) is 0.140. The van der Waals surface area contributed by atoms with Crippen LogP contribution < -0.4 is 0 Å². The summed E-state index contributed by atoms with van der Waals surface area (Å²) < 4.78 is 0. The monoisotopic (exact) mass is 591 g/mol. The zero-order chi connectivity index (χ0) is 31.1. The van der Waals surface area contributed by atoms with Crippen LogP contribution in [0, 0.1) is 17.2 Å². The molecular weight excluding hydrogens is 558 g/mol. The molecule has 5 aromatic rings. The van der Waals surface area contributed by atoms with Crippen LogP contribution in [0.25, 0.3) is 39.2 Å². The number of benzene rings is 3. The van der Waals surface area contributed by atoms with Gasteiger partial charge in [-0.25, -0.2) is 4.98 Å². The maximum atomic E-state index is 9.42. The first-order chi connectivity index (χ1) is 22.6. The maximum Gasteiger partial charge on any atom is 0.101 e. The number of nitriles is 1. The second-order valence-electron chi connectivity index (χ2n) is 12.5. The van der Waals surface area contributed by atoms with Crippen LogP contribution in [0.15, 0.2) is 145 Å². The van der Waals surface area contributed by atoms with Crippen molar-refractivity contribution in [3.63, 3.8) is 0 Å². The molecule has 0 saturated carbocycles. The summed E-state index contributed by atoms with van der Waals surface area (Å²) in [5, 5.41) is 9.42. The van der Waals surface area contributed by atoms with E-state index in [4.69, 9.17) is 4.98 Å². The van der Waals surface area contributed by atoms with Crippen molar-refractivity contribution in [3.8, 4) is 39.7 Å². The van der Waals surface area contributed by atoms with Crippen molar-refractivity contribution in [1.82, 2.24) is 9.97 Å². The minimum absolute atomic E-state index is 0.391. The molecule has 0 bridgehead atoms. The van der Waals surface area contributed by atoms with E-state index in [1.807, 2.05) is 18.2 Å². The van der Waals surface area contributed by atoms with Crippen molar-refractivity contribution < 1.29 is 0 Å². The van der Waals surface area contributed by atoms with Crippen molar-refractivity contribution >= 4 is 5.57 Å². The van der Waals surface area contributed by atoms with Gasteiger partial charge in [-0.2, -0.15) is 5.26 Å². The van der Waals surface area contributed by atoms with Crippen molar-refractivity contribution in [3.05, 3.63) is 173 Å². The van der Waals surface area contributed by atoms with E-state index < -0.39 is 5.41 Å². The van der Waals surface area contributed by atoms with Crippen molar-refractivity contribution in [2.75, 3.05) is 0 Å². The van der Waals surface area contributed by atoms with Crippen LogP contribution in [0.5, 0.6) is 0 Å². The van der Waals surface area contributed by atoms with Crippen LogP contribution in [0.1, 0.15) is 54.0 Å². The summed E-state index contributed by atoms with van der Waals surface area (Å²) in [5.41, 5.74) is 14.2. The molecule has 3 aromatic carbocycles. The Balaban J connectivity index is 1.36. The summed E-state index contributed by atoms with van der Waals surface area (Å²) in [5.74, 6) is 0.463. The van der Waals surface area contributed by atoms with E-state index in [1.165, 1.54) is 44.5 Å². The zero-order valence-corrected chi connectivity index (χ0v) is 25.8. The minimum atomic E-state index is -0.391. The summed E-state index contributed by atoms with van der Waals surface area (Å²) >= 11 is 0. The topological polar surface area (TPSA) is 49.6 Å². The third-order valence-corrected chi connectivity index (χ3v) is 9.64. The van der Waals surface area contributed by atoms with Gasteiger partial charge in [0, 0.05) is 23.5 Å². The molecule has 0 radical (unpaired) electrons. The highest BCUT2D eigenvalue weighted by Crippen LogP contribution is 2.58. The molecule has 0 saturated heterocycles. The molecule has 0 fully saturated rings. The van der Waals surface area contributed by atoms with Gasteiger partial charge in [0.2, 0.25) is 0 Å². The molecule has 220 valence electrons. The van der Waals surface area contributed by atoms with Gasteiger partial charge in [-0.1, -0.05) is 110 Å². The first kappa shape index (κ1) is 27.9. The molecule has 46 heavy (non-hydrogen) atoms. The highest BCUT2D eigenvalue weighted by Gasteiger charge is 2.47. The lowest BCUT2D eigenvalue weighted by molar-refractivity contribution is 0.615. The molecular formula is C43H33N3. The van der Waals surface area contributed by atoms with Crippen LogP contribution in [0.2, 0.25) is 0 Å². The Bertz CT molecular complexity index is 2160. The van der Waals surface area contributed by atoms with Gasteiger partial charge in [-0.05, 0) is 94.5 Å². The smallest absolute Gasteiger partial charge is 0.101 e. The second-order valence-corrected chi connectivity index (χ2v) is 12.5. The summed E-state index contributed by atoms with van der Waals surface area (Å²) in [6.07, 6.45) is 20.3. The highest BCUT2D eigenvalue weighted by atomic mass is 14.7. The van der Waals surface area contributed by atoms with E-state index in [0.717, 1.165) is 41.8 Å². The average molecular weight is 592 g/mol. The molecule has 2 heterocycles. The molecule has 2 atom stereocenters. The Morgan fingerprint density at radius 1 is 0.783 bits per heavy atom. The SMILES string of the molecule is CC1C=CC=C(C2(c3ccccc3)c3ccc(C4=CCCC=C4)cc3-c3cc(-c4cccc(-c5cncc(C#N)c5)n4)ccc32)C1. The number of hydrogen-bond donors (Lipinski definition) is 0. The van der Waals surface area contributed by atoms with E-state index in [9.17, 15) is 5.26 Å². The third kappa shape index (κ3) is 4.57. The summed E-state index contributed by atoms with van der Waals surface area (Å²) in [7, 11) is 0. The normalized spacial score (nSPS) is 19.5. The molecule has 0 spiro atoms. The Morgan fingerprint density at radius 2 is 1.54 bits per heavy atom. The largest absolute Gasteiger partial charge is 0.263 e. The Kier molecular flexibility index (Phi) is 6.92. The molecule has 2 aromatic heterocycles. The summed E-state index contributed by atoms with van der Waals surface area (Å²) in [6.45, 7) is 2.31. The van der Waals surface area contributed by atoms with Gasteiger partial charge >= 0.3 is 0 Å². The van der Waals surface area contributed by atoms with E-state index >= 15 is 0 Å². The first-order valence-corrected chi connectivity index (χ1v) is 16.1. The molecule has 2 unspecified atom stereocenters. The van der Waals surface area contributed by atoms with Gasteiger partial charge in [-0.3, -0.25) is 4.98 Å². The predicted molar refractivity (Wildman–Crippen MR) is 187 cm³/mol. The second kappa shape index (κ2) is 11.4. The van der Waals surface area contributed by atoms with Crippen LogP contribution in [-0.2, 0) is 5.41 Å². The lowest BCUT2D eigenvalue weighted by Gasteiger charge is -2.37. The number of nitrogens with zero attached hydrogens (tertiary/aromatic N) is 3. The minimum Gasteiger partial charge on any atom is -0.263 e. The Labute approximate surface area is 270 Å². The van der Waals surface area contributed by atoms with Crippen molar-refractivity contribution in [2.45, 2.75) is 31.6 Å². The lowest BCUT2D eigenvalue weighted by atomic mass is 9.64. The van der Waals surface area contributed by atoms with E-state index in [2.05, 4.69) is 127 Å². The number of fused-ring (bicyclic) bond motifs is 3. The molecule has 3 nitrogen and oxygen atoms in total. The number of rotatable bonds is 5. The molecule has 3 heteroatoms. The number of aromatic nitrogens is 2. The molecule has 0 aliphatic heterocycles.